The maximum atomic E-state index is 12.8. The molecular weight excluding hydrogens is 316 g/mol. The van der Waals surface area contributed by atoms with Gasteiger partial charge >= 0.3 is 0 Å². The Morgan fingerprint density at radius 3 is 2.80 bits per heavy atom. The van der Waals surface area contributed by atoms with Crippen LogP contribution in [-0.4, -0.2) is 60.8 Å². The van der Waals surface area contributed by atoms with Gasteiger partial charge in [0.05, 0.1) is 25.7 Å². The molecule has 25 heavy (non-hydrogen) atoms. The number of carbonyl (C=O) groups excluding carboxylic acids is 1. The highest BCUT2D eigenvalue weighted by Gasteiger charge is 2.44. The molecule has 0 spiro atoms. The molecule has 3 aliphatic rings. The third kappa shape index (κ3) is 3.72. The van der Waals surface area contributed by atoms with Crippen LogP contribution in [0, 0.1) is 5.92 Å². The van der Waals surface area contributed by atoms with E-state index in [0.717, 1.165) is 30.6 Å². The van der Waals surface area contributed by atoms with Crippen molar-refractivity contribution in [2.24, 2.45) is 5.92 Å². The lowest BCUT2D eigenvalue weighted by molar-refractivity contribution is -0.952. The molecule has 0 bridgehead atoms. The van der Waals surface area contributed by atoms with Crippen LogP contribution in [0.3, 0.4) is 0 Å². The molecule has 4 rings (SSSR count). The van der Waals surface area contributed by atoms with Gasteiger partial charge in [0.25, 0.3) is 0 Å². The largest absolute Gasteiger partial charge is 0.334 e. The van der Waals surface area contributed by atoms with Crippen molar-refractivity contribution in [2.75, 3.05) is 27.2 Å². The van der Waals surface area contributed by atoms with E-state index in [-0.39, 0.29) is 24.1 Å². The number of hydrogen-bond donors (Lipinski definition) is 2. The van der Waals surface area contributed by atoms with Crippen LogP contribution >= 0.6 is 0 Å². The molecule has 2 heterocycles. The molecular formula is C19H29N4O2+. The van der Waals surface area contributed by atoms with Gasteiger partial charge < -0.3 is 4.90 Å². The van der Waals surface area contributed by atoms with Gasteiger partial charge in [-0.05, 0) is 18.8 Å². The first-order valence-corrected chi connectivity index (χ1v) is 9.35. The highest BCUT2D eigenvalue weighted by atomic mass is 16.7. The van der Waals surface area contributed by atoms with Gasteiger partial charge in [0, 0.05) is 19.0 Å². The van der Waals surface area contributed by atoms with E-state index >= 15 is 0 Å². The van der Waals surface area contributed by atoms with Gasteiger partial charge in [0.1, 0.15) is 19.1 Å². The van der Waals surface area contributed by atoms with E-state index in [1.54, 1.807) is 0 Å². The van der Waals surface area contributed by atoms with Gasteiger partial charge in [-0.3, -0.25) is 9.63 Å². The molecule has 3 fully saturated rings. The van der Waals surface area contributed by atoms with E-state index < -0.39 is 0 Å². The van der Waals surface area contributed by atoms with Crippen LogP contribution in [-0.2, 0) is 16.2 Å². The summed E-state index contributed by atoms with van der Waals surface area (Å²) in [7, 11) is 4.13. The van der Waals surface area contributed by atoms with Crippen molar-refractivity contribution in [3.8, 4) is 0 Å². The fourth-order valence-electron chi connectivity index (χ4n) is 4.12. The minimum atomic E-state index is -0.191. The smallest absolute Gasteiger partial charge is 0.242 e. The molecule has 1 saturated carbocycles. The van der Waals surface area contributed by atoms with Crippen molar-refractivity contribution < 1.29 is 14.2 Å². The lowest BCUT2D eigenvalue weighted by atomic mass is 10.1. The second-order valence-corrected chi connectivity index (χ2v) is 8.09. The lowest BCUT2D eigenvalue weighted by Gasteiger charge is -2.30. The van der Waals surface area contributed by atoms with Crippen molar-refractivity contribution in [1.82, 2.24) is 15.8 Å². The Hall–Kier alpha value is -1.47. The summed E-state index contributed by atoms with van der Waals surface area (Å²) < 4.78 is 0.756. The number of benzene rings is 1. The molecule has 1 amide bonds. The first-order valence-electron chi connectivity index (χ1n) is 9.35. The Labute approximate surface area is 149 Å². The van der Waals surface area contributed by atoms with Crippen molar-refractivity contribution in [2.45, 2.75) is 44.0 Å². The zero-order chi connectivity index (χ0) is 17.4. The highest BCUT2D eigenvalue weighted by molar-refractivity contribution is 5.82. The Morgan fingerprint density at radius 1 is 1.32 bits per heavy atom. The summed E-state index contributed by atoms with van der Waals surface area (Å²) in [5, 5.41) is 0. The topological polar surface area (TPSA) is 53.6 Å². The van der Waals surface area contributed by atoms with Gasteiger partial charge in [0.2, 0.25) is 5.91 Å². The highest BCUT2D eigenvalue weighted by Crippen LogP contribution is 2.38. The lowest BCUT2D eigenvalue weighted by Crippen LogP contribution is -2.51. The number of likely N-dealkylation sites (N-methyl/N-ethyl adjacent to an activating group) is 2. The van der Waals surface area contributed by atoms with Crippen molar-refractivity contribution in [3.63, 3.8) is 0 Å². The molecule has 6 heteroatoms. The molecule has 2 saturated heterocycles. The zero-order valence-electron chi connectivity index (χ0n) is 15.1. The summed E-state index contributed by atoms with van der Waals surface area (Å²) in [6.07, 6.45) is 3.52. The molecule has 4 unspecified atom stereocenters. The number of amides is 1. The molecule has 2 aliphatic heterocycles. The number of hydrogen-bond acceptors (Lipinski definition) is 4. The number of nitrogens with zero attached hydrogens (tertiary/aromatic N) is 2. The van der Waals surface area contributed by atoms with Crippen LogP contribution in [0.2, 0.25) is 0 Å². The van der Waals surface area contributed by atoms with Crippen LogP contribution < -0.4 is 10.9 Å². The normalized spacial score (nSPS) is 35.0. The van der Waals surface area contributed by atoms with Gasteiger partial charge in [-0.1, -0.05) is 30.3 Å². The molecule has 1 aliphatic carbocycles. The maximum absolute atomic E-state index is 12.8. The van der Waals surface area contributed by atoms with Crippen LogP contribution in [0.4, 0.5) is 0 Å². The Kier molecular flexibility index (Phi) is 4.54. The van der Waals surface area contributed by atoms with Crippen molar-refractivity contribution in [1.29, 1.82) is 0 Å². The summed E-state index contributed by atoms with van der Waals surface area (Å²) in [5.41, 5.74) is 7.87. The van der Waals surface area contributed by atoms with Crippen LogP contribution in [0.1, 0.15) is 24.8 Å². The maximum Gasteiger partial charge on any atom is 0.242 e. The number of rotatable bonds is 5. The second kappa shape index (κ2) is 6.68. The number of carbonyl (C=O) groups is 1. The molecule has 0 radical (unpaired) electrons. The van der Waals surface area contributed by atoms with Crippen molar-refractivity contribution in [3.05, 3.63) is 35.9 Å². The molecule has 1 aromatic carbocycles. The van der Waals surface area contributed by atoms with Crippen LogP contribution in [0.25, 0.3) is 0 Å². The molecule has 1 aromatic rings. The van der Waals surface area contributed by atoms with Gasteiger partial charge in [-0.2, -0.15) is 10.9 Å². The SMILES string of the molecule is CN(C(=O)C1CC(C2CC2)ON1)C1CN[N+](C)(Cc2ccccc2)C1. The Balaban J connectivity index is 1.33. The van der Waals surface area contributed by atoms with E-state index in [4.69, 9.17) is 4.84 Å². The van der Waals surface area contributed by atoms with E-state index in [9.17, 15) is 4.79 Å². The third-order valence-electron chi connectivity index (χ3n) is 5.87. The first kappa shape index (κ1) is 17.0. The predicted octanol–water partition coefficient (Wildman–Crippen LogP) is 1.05. The summed E-state index contributed by atoms with van der Waals surface area (Å²) in [5.74, 6) is 0.817. The molecule has 4 atom stereocenters. The molecule has 2 N–H and O–H groups in total. The Bertz CT molecular complexity index is 621. The summed E-state index contributed by atoms with van der Waals surface area (Å²) in [6.45, 7) is 2.66. The van der Waals surface area contributed by atoms with Gasteiger partial charge in [-0.15, -0.1) is 0 Å². The number of quaternary nitrogens is 1. The molecule has 136 valence electrons. The fraction of sp³-hybridized carbons (Fsp3) is 0.632. The monoisotopic (exact) mass is 345 g/mol. The average Bonchev–Trinajstić information content (AvgIpc) is 3.22. The predicted molar refractivity (Wildman–Crippen MR) is 94.9 cm³/mol. The number of hydroxylamine groups is 1. The van der Waals surface area contributed by atoms with Gasteiger partial charge in [-0.25, -0.2) is 4.59 Å². The van der Waals surface area contributed by atoms with Crippen molar-refractivity contribution >= 4 is 5.91 Å². The van der Waals surface area contributed by atoms with E-state index in [1.807, 2.05) is 18.0 Å². The van der Waals surface area contributed by atoms with Crippen LogP contribution in [0.15, 0.2) is 30.3 Å². The summed E-state index contributed by atoms with van der Waals surface area (Å²) >= 11 is 0. The molecule has 6 nitrogen and oxygen atoms in total. The summed E-state index contributed by atoms with van der Waals surface area (Å²) in [6, 6.07) is 10.5. The number of nitrogens with one attached hydrogen (secondary N) is 2. The third-order valence-corrected chi connectivity index (χ3v) is 5.87. The Morgan fingerprint density at radius 2 is 2.08 bits per heavy atom. The summed E-state index contributed by atoms with van der Waals surface area (Å²) in [4.78, 5) is 20.4. The minimum Gasteiger partial charge on any atom is -0.334 e. The van der Waals surface area contributed by atoms with E-state index in [0.29, 0.717) is 5.92 Å². The van der Waals surface area contributed by atoms with Gasteiger partial charge in [0.15, 0.2) is 0 Å². The first-order chi connectivity index (χ1) is 12.0. The molecule has 0 aromatic heterocycles. The average molecular weight is 345 g/mol. The fourth-order valence-corrected chi connectivity index (χ4v) is 4.12. The second-order valence-electron chi connectivity index (χ2n) is 8.09. The minimum absolute atomic E-state index is 0.156. The standard InChI is InChI=1S/C19H29N4O2/c1-22(19(24)17-10-18(25-21-17)15-8-9-15)16-11-20-23(2,13-16)12-14-6-4-3-5-7-14/h3-7,15-18,20-21H,8-13H2,1-2H3/q+1. The zero-order valence-corrected chi connectivity index (χ0v) is 15.1. The van der Waals surface area contributed by atoms with Crippen LogP contribution in [0.5, 0.6) is 0 Å². The van der Waals surface area contributed by atoms with E-state index in [2.05, 4.69) is 42.2 Å². The quantitative estimate of drug-likeness (QED) is 0.784. The van der Waals surface area contributed by atoms with E-state index in [1.165, 1.54) is 18.4 Å².